The molecule has 0 amide bonds. The topological polar surface area (TPSA) is 60.7 Å². The average molecular weight is 440 g/mol. The van der Waals surface area contributed by atoms with E-state index >= 15 is 0 Å². The van der Waals surface area contributed by atoms with Gasteiger partial charge in [-0.1, -0.05) is 103 Å². The Hall–Kier alpha value is 0.594. The maximum Gasteiger partial charge on any atom is 0.0402 e. The normalized spacial score (nSPS) is 9.00. The fraction of sp³-hybridized carbons (Fsp3) is 0.958. The minimum absolute atomic E-state index is 0. The quantitative estimate of drug-likeness (QED) is 0.145. The van der Waals surface area contributed by atoms with Crippen molar-refractivity contribution in [1.29, 1.82) is 0 Å². The van der Waals surface area contributed by atoms with Crippen molar-refractivity contribution in [3.63, 3.8) is 0 Å². The Kier molecular flexibility index (Phi) is 71.0. The van der Waals surface area contributed by atoms with Gasteiger partial charge in [0.15, 0.2) is 0 Å². The third kappa shape index (κ3) is 71.6. The third-order valence-electron chi connectivity index (χ3n) is 3.85. The molecule has 0 bridgehead atoms. The molecule has 0 rings (SSSR count). The molecular weight excluding hydrogens is 384 g/mol. The van der Waals surface area contributed by atoms with Crippen molar-refractivity contribution in [2.75, 3.05) is 19.8 Å². The fourth-order valence-electron chi connectivity index (χ4n) is 2.55. The van der Waals surface area contributed by atoms with Gasteiger partial charge in [0.05, 0.1) is 0 Å². The van der Waals surface area contributed by atoms with Crippen LogP contribution in [-0.2, 0) is 21.7 Å². The minimum Gasteiger partial charge on any atom is -0.397 e. The van der Waals surface area contributed by atoms with Gasteiger partial charge in [-0.2, -0.15) is 6.42 Å². The van der Waals surface area contributed by atoms with E-state index in [0.717, 1.165) is 6.42 Å². The van der Waals surface area contributed by atoms with Crippen LogP contribution in [-0.4, -0.2) is 35.1 Å². The first kappa shape index (κ1) is 39.1. The van der Waals surface area contributed by atoms with Gasteiger partial charge in [-0.3, -0.25) is 0 Å². The predicted molar refractivity (Wildman–Crippen MR) is 123 cm³/mol. The van der Waals surface area contributed by atoms with Crippen molar-refractivity contribution in [2.24, 2.45) is 0 Å². The minimum atomic E-state index is 0. The molecule has 0 fully saturated rings. The number of unbranched alkanes of at least 4 members (excludes halogenated alkanes) is 15. The van der Waals surface area contributed by atoms with Crippen LogP contribution >= 0.6 is 0 Å². The molecule has 3 nitrogen and oxygen atoms in total. The van der Waals surface area contributed by atoms with Crippen LogP contribution in [0.25, 0.3) is 0 Å². The molecule has 3 N–H and O–H groups in total. The smallest absolute Gasteiger partial charge is 0.0402 e. The van der Waals surface area contributed by atoms with E-state index in [1.54, 1.807) is 20.8 Å². The molecule has 0 aliphatic carbocycles. The Morgan fingerprint density at radius 3 is 0.786 bits per heavy atom. The molecule has 0 unspecified atom stereocenters. The number of hydrogen-bond donors (Lipinski definition) is 3. The molecule has 0 spiro atoms. The summed E-state index contributed by atoms with van der Waals surface area (Å²) in [5.41, 5.74) is 0. The second-order valence-electron chi connectivity index (χ2n) is 6.75. The standard InChI is InChI=1S/C18H37.3C2H6O.Ti/c1-3-5-7-9-11-13-15-17-18-16-14-12-10-8-6-4-2;3*1-2-3;/h1,3-18H2,2H3;3*3H,2H2,1H3;/q-1;;;;. The Balaban J connectivity index is -0.000000149. The molecule has 0 aromatic heterocycles. The number of hydrogen-bond acceptors (Lipinski definition) is 3. The van der Waals surface area contributed by atoms with Crippen molar-refractivity contribution < 1.29 is 37.0 Å². The van der Waals surface area contributed by atoms with Gasteiger partial charge in [0.2, 0.25) is 0 Å². The fourth-order valence-corrected chi connectivity index (χ4v) is 2.55. The molecule has 0 aromatic rings. The maximum absolute atomic E-state index is 7.57. The summed E-state index contributed by atoms with van der Waals surface area (Å²) in [4.78, 5) is 0. The average Bonchev–Trinajstić information content (AvgIpc) is 2.64. The van der Waals surface area contributed by atoms with Crippen LogP contribution in [0, 0.1) is 6.92 Å². The van der Waals surface area contributed by atoms with E-state index in [2.05, 4.69) is 13.8 Å². The monoisotopic (exact) mass is 439 g/mol. The Labute approximate surface area is 194 Å². The predicted octanol–water partition coefficient (Wildman–Crippen LogP) is 7.08. The number of aliphatic hydroxyl groups excluding tert-OH is 3. The van der Waals surface area contributed by atoms with Gasteiger partial charge in [-0.15, -0.1) is 0 Å². The summed E-state index contributed by atoms with van der Waals surface area (Å²) in [6.45, 7) is 12.0. The van der Waals surface area contributed by atoms with Gasteiger partial charge in [0, 0.05) is 41.5 Å². The van der Waals surface area contributed by atoms with Crippen molar-refractivity contribution in [2.45, 2.75) is 130 Å². The molecular formula is C24H55O3Ti-. The van der Waals surface area contributed by atoms with Crippen LogP contribution in [0.4, 0.5) is 0 Å². The summed E-state index contributed by atoms with van der Waals surface area (Å²) >= 11 is 0. The van der Waals surface area contributed by atoms with Crippen LogP contribution < -0.4 is 0 Å². The molecule has 0 aliphatic rings. The van der Waals surface area contributed by atoms with Crippen molar-refractivity contribution in [3.8, 4) is 0 Å². The van der Waals surface area contributed by atoms with E-state index in [0.29, 0.717) is 0 Å². The van der Waals surface area contributed by atoms with Gasteiger partial charge in [0.25, 0.3) is 0 Å². The van der Waals surface area contributed by atoms with Crippen LogP contribution in [0.2, 0.25) is 0 Å². The van der Waals surface area contributed by atoms with E-state index in [1.165, 1.54) is 96.3 Å². The van der Waals surface area contributed by atoms with Gasteiger partial charge in [0.1, 0.15) is 0 Å². The molecule has 0 atom stereocenters. The van der Waals surface area contributed by atoms with Gasteiger partial charge in [-0.05, 0) is 20.8 Å². The largest absolute Gasteiger partial charge is 0.397 e. The molecule has 0 heterocycles. The molecule has 0 aliphatic heterocycles. The van der Waals surface area contributed by atoms with E-state index in [-0.39, 0.29) is 41.5 Å². The van der Waals surface area contributed by atoms with Gasteiger partial charge in [-0.25, -0.2) is 0 Å². The van der Waals surface area contributed by atoms with Crippen molar-refractivity contribution >= 4 is 0 Å². The third-order valence-corrected chi connectivity index (χ3v) is 3.85. The summed E-state index contributed by atoms with van der Waals surface area (Å²) in [6, 6.07) is 0. The van der Waals surface area contributed by atoms with E-state index in [4.69, 9.17) is 15.3 Å². The maximum atomic E-state index is 7.57. The molecule has 0 saturated heterocycles. The van der Waals surface area contributed by atoms with E-state index in [1.807, 2.05) is 0 Å². The molecule has 174 valence electrons. The van der Waals surface area contributed by atoms with Crippen LogP contribution in [0.1, 0.15) is 130 Å². The Morgan fingerprint density at radius 1 is 0.429 bits per heavy atom. The first-order valence-corrected chi connectivity index (χ1v) is 11.8. The van der Waals surface area contributed by atoms with Gasteiger partial charge >= 0.3 is 0 Å². The summed E-state index contributed by atoms with van der Waals surface area (Å²) in [5, 5.41) is 22.7. The molecule has 0 radical (unpaired) electrons. The Bertz CT molecular complexity index is 160. The second kappa shape index (κ2) is 50.8. The zero-order valence-corrected chi connectivity index (χ0v) is 21.5. The number of rotatable bonds is 15. The van der Waals surface area contributed by atoms with Crippen LogP contribution in [0.15, 0.2) is 0 Å². The molecule has 0 saturated carbocycles. The van der Waals surface area contributed by atoms with Crippen molar-refractivity contribution in [1.82, 2.24) is 0 Å². The van der Waals surface area contributed by atoms with Gasteiger partial charge < -0.3 is 22.2 Å². The van der Waals surface area contributed by atoms with Crippen LogP contribution in [0.5, 0.6) is 0 Å². The van der Waals surface area contributed by atoms with E-state index in [9.17, 15) is 0 Å². The summed E-state index contributed by atoms with van der Waals surface area (Å²) < 4.78 is 0. The Morgan fingerprint density at radius 2 is 0.607 bits per heavy atom. The SMILES string of the molecule is CCO.CCO.CCO.[CH2-]CCCCCCCCCCCCCCCCC.[Ti]. The summed E-state index contributed by atoms with van der Waals surface area (Å²) in [5.74, 6) is 0. The summed E-state index contributed by atoms with van der Waals surface area (Å²) in [6.07, 6.45) is 22.8. The number of aliphatic hydroxyl groups is 3. The summed E-state index contributed by atoms with van der Waals surface area (Å²) in [7, 11) is 0. The van der Waals surface area contributed by atoms with Crippen molar-refractivity contribution in [3.05, 3.63) is 6.92 Å². The van der Waals surface area contributed by atoms with E-state index < -0.39 is 0 Å². The second-order valence-corrected chi connectivity index (χ2v) is 6.75. The zero-order chi connectivity index (χ0) is 21.4. The van der Waals surface area contributed by atoms with Crippen LogP contribution in [0.3, 0.4) is 0 Å². The molecule has 0 aromatic carbocycles. The zero-order valence-electron chi connectivity index (χ0n) is 20.0. The molecule has 28 heavy (non-hydrogen) atoms. The first-order chi connectivity index (χ1) is 13.2. The molecule has 4 heteroatoms. The first-order valence-electron chi connectivity index (χ1n) is 11.8.